The second kappa shape index (κ2) is 8.27. The van der Waals surface area contributed by atoms with Gasteiger partial charge in [0.25, 0.3) is 5.91 Å². The molecule has 0 unspecified atom stereocenters. The lowest BCUT2D eigenvalue weighted by atomic mass is 10.1. The Bertz CT molecular complexity index is 918. The van der Waals surface area contributed by atoms with Crippen LogP contribution in [0.15, 0.2) is 53.3 Å². The second-order valence-corrected chi connectivity index (χ2v) is 5.63. The fourth-order valence-corrected chi connectivity index (χ4v) is 2.61. The van der Waals surface area contributed by atoms with Gasteiger partial charge in [0.2, 0.25) is 0 Å². The Balaban J connectivity index is 1.73. The lowest BCUT2D eigenvalue weighted by Gasteiger charge is -2.10. The smallest absolute Gasteiger partial charge is 0.274 e. The number of carbonyl (C=O) groups excluding carboxylic acids is 1. The molecule has 0 saturated heterocycles. The summed E-state index contributed by atoms with van der Waals surface area (Å²) in [6.45, 7) is 0.314. The second-order valence-electron chi connectivity index (χ2n) is 5.63. The highest BCUT2D eigenvalue weighted by molar-refractivity contribution is 5.97. The molecule has 1 heterocycles. The highest BCUT2D eigenvalue weighted by atomic mass is 16.5. The molecule has 140 valence electrons. The van der Waals surface area contributed by atoms with Crippen LogP contribution in [0.5, 0.6) is 17.2 Å². The Hall–Kier alpha value is -3.48. The average molecular weight is 368 g/mol. The van der Waals surface area contributed by atoms with Crippen LogP contribution in [0.4, 0.5) is 0 Å². The minimum atomic E-state index is -0.329. The van der Waals surface area contributed by atoms with Crippen molar-refractivity contribution >= 4 is 5.91 Å². The number of hydrogen-bond acceptors (Lipinski definition) is 6. The molecule has 0 spiro atoms. The minimum Gasteiger partial charge on any atom is -0.497 e. The highest BCUT2D eigenvalue weighted by Gasteiger charge is 2.18. The number of carbonyl (C=O) groups is 1. The summed E-state index contributed by atoms with van der Waals surface area (Å²) in [5.41, 5.74) is 1.83. The normalized spacial score (nSPS) is 10.3. The van der Waals surface area contributed by atoms with Crippen LogP contribution in [0.3, 0.4) is 0 Å². The molecule has 7 nitrogen and oxygen atoms in total. The van der Waals surface area contributed by atoms with Crippen molar-refractivity contribution in [3.63, 3.8) is 0 Å². The van der Waals surface area contributed by atoms with Gasteiger partial charge in [-0.1, -0.05) is 6.07 Å². The molecule has 0 aliphatic carbocycles. The molecule has 0 radical (unpaired) electrons. The zero-order valence-electron chi connectivity index (χ0n) is 15.3. The molecule has 3 rings (SSSR count). The fourth-order valence-electron chi connectivity index (χ4n) is 2.61. The highest BCUT2D eigenvalue weighted by Crippen LogP contribution is 2.28. The van der Waals surface area contributed by atoms with Gasteiger partial charge in [0.05, 0.1) is 21.3 Å². The number of methoxy groups -OCH3 is 3. The first-order valence-electron chi connectivity index (χ1n) is 8.23. The van der Waals surface area contributed by atoms with E-state index in [0.29, 0.717) is 23.8 Å². The van der Waals surface area contributed by atoms with Crippen molar-refractivity contribution in [3.8, 4) is 28.6 Å². The monoisotopic (exact) mass is 368 g/mol. The van der Waals surface area contributed by atoms with Crippen molar-refractivity contribution in [2.24, 2.45) is 0 Å². The molecule has 1 aromatic heterocycles. The molecular formula is C20H20N2O5. The van der Waals surface area contributed by atoms with Gasteiger partial charge in [0.1, 0.15) is 5.75 Å². The molecule has 0 bridgehead atoms. The van der Waals surface area contributed by atoms with E-state index in [4.69, 9.17) is 18.6 Å². The molecule has 0 aliphatic rings. The summed E-state index contributed by atoms with van der Waals surface area (Å²) in [5, 5.41) is 2.84. The van der Waals surface area contributed by atoms with Crippen LogP contribution in [-0.2, 0) is 6.54 Å². The van der Waals surface area contributed by atoms with Crippen molar-refractivity contribution in [1.29, 1.82) is 0 Å². The van der Waals surface area contributed by atoms with Gasteiger partial charge >= 0.3 is 0 Å². The van der Waals surface area contributed by atoms with Gasteiger partial charge < -0.3 is 23.9 Å². The number of benzene rings is 2. The van der Waals surface area contributed by atoms with Gasteiger partial charge in [-0.05, 0) is 42.0 Å². The fraction of sp³-hybridized carbons (Fsp3) is 0.200. The summed E-state index contributed by atoms with van der Waals surface area (Å²) < 4.78 is 21.0. The van der Waals surface area contributed by atoms with E-state index >= 15 is 0 Å². The molecule has 0 fully saturated rings. The number of nitrogens with one attached hydrogen (secondary N) is 1. The molecule has 0 saturated carbocycles. The van der Waals surface area contributed by atoms with E-state index < -0.39 is 0 Å². The van der Waals surface area contributed by atoms with Gasteiger partial charge in [-0.15, -0.1) is 0 Å². The van der Waals surface area contributed by atoms with E-state index in [0.717, 1.165) is 16.9 Å². The Labute approximate surface area is 156 Å². The Morgan fingerprint density at radius 1 is 1.00 bits per heavy atom. The van der Waals surface area contributed by atoms with Crippen molar-refractivity contribution < 1.29 is 23.4 Å². The molecule has 1 amide bonds. The predicted octanol–water partition coefficient (Wildman–Crippen LogP) is 3.30. The van der Waals surface area contributed by atoms with Gasteiger partial charge in [-0.3, -0.25) is 4.79 Å². The molecule has 2 aromatic carbocycles. The number of nitrogens with zero attached hydrogens (tertiary/aromatic N) is 1. The van der Waals surface area contributed by atoms with Crippen LogP contribution in [0, 0.1) is 0 Å². The van der Waals surface area contributed by atoms with Crippen molar-refractivity contribution in [3.05, 3.63) is 60.1 Å². The molecular weight excluding hydrogens is 348 g/mol. The number of hydrogen-bond donors (Lipinski definition) is 1. The third-order valence-corrected chi connectivity index (χ3v) is 4.04. The van der Waals surface area contributed by atoms with Gasteiger partial charge in [-0.2, -0.15) is 0 Å². The van der Waals surface area contributed by atoms with Gasteiger partial charge in [0.15, 0.2) is 29.3 Å². The van der Waals surface area contributed by atoms with Crippen molar-refractivity contribution in [2.45, 2.75) is 6.54 Å². The topological polar surface area (TPSA) is 82.8 Å². The summed E-state index contributed by atoms with van der Waals surface area (Å²) in [6.07, 6.45) is 1.25. The number of rotatable bonds is 7. The van der Waals surface area contributed by atoms with Crippen molar-refractivity contribution in [1.82, 2.24) is 10.3 Å². The number of ether oxygens (including phenoxy) is 3. The lowest BCUT2D eigenvalue weighted by molar-refractivity contribution is 0.0946. The summed E-state index contributed by atoms with van der Waals surface area (Å²) in [7, 11) is 4.73. The maximum absolute atomic E-state index is 12.6. The summed E-state index contributed by atoms with van der Waals surface area (Å²) >= 11 is 0. The summed E-state index contributed by atoms with van der Waals surface area (Å²) in [6, 6.07) is 12.7. The minimum absolute atomic E-state index is 0.223. The number of amides is 1. The third kappa shape index (κ3) is 4.03. The van der Waals surface area contributed by atoms with Crippen LogP contribution in [0.1, 0.15) is 16.1 Å². The van der Waals surface area contributed by atoms with E-state index in [1.165, 1.54) is 6.39 Å². The van der Waals surface area contributed by atoms with Crippen LogP contribution in [0.2, 0.25) is 0 Å². The Kier molecular flexibility index (Phi) is 5.61. The van der Waals surface area contributed by atoms with Crippen LogP contribution < -0.4 is 19.5 Å². The molecule has 3 aromatic rings. The first-order chi connectivity index (χ1) is 13.2. The van der Waals surface area contributed by atoms with E-state index in [9.17, 15) is 4.79 Å². The maximum Gasteiger partial charge on any atom is 0.274 e. The van der Waals surface area contributed by atoms with E-state index in [2.05, 4.69) is 10.3 Å². The van der Waals surface area contributed by atoms with Crippen LogP contribution >= 0.6 is 0 Å². The summed E-state index contributed by atoms with van der Waals surface area (Å²) in [5.74, 6) is 2.03. The van der Waals surface area contributed by atoms with E-state index in [-0.39, 0.29) is 11.6 Å². The Morgan fingerprint density at radius 2 is 1.74 bits per heavy atom. The first-order valence-corrected chi connectivity index (χ1v) is 8.23. The first kappa shape index (κ1) is 18.3. The van der Waals surface area contributed by atoms with E-state index in [1.54, 1.807) is 39.5 Å². The zero-order valence-corrected chi connectivity index (χ0v) is 15.3. The van der Waals surface area contributed by atoms with Crippen molar-refractivity contribution in [2.75, 3.05) is 21.3 Å². The van der Waals surface area contributed by atoms with Gasteiger partial charge in [-0.25, -0.2) is 4.98 Å². The number of aromatic nitrogens is 1. The SMILES string of the molecule is COc1ccc(-c2ocnc2C(=O)NCc2ccc(OC)c(OC)c2)cc1. The molecule has 1 N–H and O–H groups in total. The maximum atomic E-state index is 12.6. The number of oxazole rings is 1. The predicted molar refractivity (Wildman–Crippen MR) is 99.2 cm³/mol. The molecule has 7 heteroatoms. The standard InChI is InChI=1S/C20H20N2O5/c1-24-15-7-5-14(6-8-15)19-18(22-12-27-19)20(23)21-11-13-4-9-16(25-2)17(10-13)26-3/h4-10,12H,11H2,1-3H3,(H,21,23). The lowest BCUT2D eigenvalue weighted by Crippen LogP contribution is -2.23. The Morgan fingerprint density at radius 3 is 2.41 bits per heavy atom. The molecule has 0 atom stereocenters. The third-order valence-electron chi connectivity index (χ3n) is 4.04. The average Bonchev–Trinajstić information content (AvgIpc) is 3.21. The molecule has 27 heavy (non-hydrogen) atoms. The zero-order chi connectivity index (χ0) is 19.2. The van der Waals surface area contributed by atoms with Crippen LogP contribution in [-0.4, -0.2) is 32.2 Å². The summed E-state index contributed by atoms with van der Waals surface area (Å²) in [4.78, 5) is 16.6. The largest absolute Gasteiger partial charge is 0.497 e. The van der Waals surface area contributed by atoms with E-state index in [1.807, 2.05) is 24.3 Å². The van der Waals surface area contributed by atoms with Gasteiger partial charge in [0, 0.05) is 12.1 Å². The van der Waals surface area contributed by atoms with Crippen LogP contribution in [0.25, 0.3) is 11.3 Å². The quantitative estimate of drug-likeness (QED) is 0.689. The molecule has 0 aliphatic heterocycles.